The maximum atomic E-state index is 13.5. The van der Waals surface area contributed by atoms with E-state index in [1.807, 2.05) is 30.4 Å². The van der Waals surface area contributed by atoms with Crippen molar-refractivity contribution in [3.63, 3.8) is 0 Å². The molecule has 2 bridgehead atoms. The first-order valence-corrected chi connectivity index (χ1v) is 14.0. The van der Waals surface area contributed by atoms with Gasteiger partial charge in [0.2, 0.25) is 0 Å². The lowest BCUT2D eigenvalue weighted by Gasteiger charge is -2.44. The molecule has 38 heavy (non-hydrogen) atoms. The van der Waals surface area contributed by atoms with Gasteiger partial charge in [0, 0.05) is 37.0 Å². The molecule has 2 aliphatic heterocycles. The highest BCUT2D eigenvalue weighted by Crippen LogP contribution is 2.66. The maximum absolute atomic E-state index is 13.5. The monoisotopic (exact) mass is 502 g/mol. The van der Waals surface area contributed by atoms with Gasteiger partial charge < -0.3 is 15.2 Å². The van der Waals surface area contributed by atoms with Crippen LogP contribution < -0.4 is 5.73 Å². The number of nitrogens with two attached hydrogens (primary N) is 1. The zero-order valence-corrected chi connectivity index (χ0v) is 21.5. The van der Waals surface area contributed by atoms with Crippen LogP contribution in [0.2, 0.25) is 0 Å². The number of carbonyl (C=O) groups is 1. The third kappa shape index (κ3) is 2.77. The summed E-state index contributed by atoms with van der Waals surface area (Å²) in [6, 6.07) is 12.8. The molecule has 190 valence electrons. The van der Waals surface area contributed by atoms with Crippen molar-refractivity contribution in [2.45, 2.75) is 68.5 Å². The van der Waals surface area contributed by atoms with Crippen LogP contribution in [0.4, 0.5) is 0 Å². The molecule has 7 heteroatoms. The molecule has 3 saturated carbocycles. The molecule has 1 amide bonds. The number of imidazole rings is 1. The first-order valence-electron chi connectivity index (χ1n) is 14.0. The second-order valence-corrected chi connectivity index (χ2v) is 12.6. The van der Waals surface area contributed by atoms with Gasteiger partial charge in [0.25, 0.3) is 5.91 Å². The Labute approximate surface area is 221 Å². The number of carbonyl (C=O) groups excluding carboxylic acids is 1. The summed E-state index contributed by atoms with van der Waals surface area (Å²) in [5.74, 6) is 2.45. The van der Waals surface area contributed by atoms with E-state index in [0.717, 1.165) is 58.6 Å². The summed E-state index contributed by atoms with van der Waals surface area (Å²) in [6.45, 7) is 0. The fraction of sp³-hybridized carbons (Fsp3) is 0.419. The van der Waals surface area contributed by atoms with Crippen molar-refractivity contribution >= 4 is 16.9 Å². The van der Waals surface area contributed by atoms with Gasteiger partial charge in [0.05, 0.1) is 28.7 Å². The van der Waals surface area contributed by atoms with E-state index in [4.69, 9.17) is 20.7 Å². The first-order chi connectivity index (χ1) is 18.4. The van der Waals surface area contributed by atoms with E-state index in [0.29, 0.717) is 11.3 Å². The molecule has 9 rings (SSSR count). The summed E-state index contributed by atoms with van der Waals surface area (Å²) >= 11 is 0. The Hall–Kier alpha value is -3.58. The van der Waals surface area contributed by atoms with Crippen LogP contribution >= 0.6 is 0 Å². The number of hydrogen-bond donors (Lipinski definition) is 1. The van der Waals surface area contributed by atoms with E-state index in [-0.39, 0.29) is 23.5 Å². The number of benzene rings is 2. The number of rotatable bonds is 3. The SMILES string of the molecule is CN1C(=O)c2cccc(C3CC3)c2C2CC1c1nc3ccc(-c4cnc(C5(N)CC6(CC6)C5)nc4)cc3n12. The lowest BCUT2D eigenvalue weighted by Crippen LogP contribution is -2.51. The Morgan fingerprint density at radius 1 is 1.00 bits per heavy atom. The number of nitrogens with zero attached hydrogens (tertiary/aromatic N) is 5. The Morgan fingerprint density at radius 3 is 2.53 bits per heavy atom. The van der Waals surface area contributed by atoms with Crippen LogP contribution in [0.3, 0.4) is 0 Å². The third-order valence-electron chi connectivity index (χ3n) is 10.1. The van der Waals surface area contributed by atoms with Crippen LogP contribution in [0.15, 0.2) is 48.8 Å². The molecular weight excluding hydrogens is 472 g/mol. The quantitative estimate of drug-likeness (QED) is 0.415. The summed E-state index contributed by atoms with van der Waals surface area (Å²) in [5.41, 5.74) is 14.3. The minimum atomic E-state index is -0.364. The average Bonchev–Trinajstić information content (AvgIpc) is 3.84. The predicted molar refractivity (Wildman–Crippen MR) is 144 cm³/mol. The minimum absolute atomic E-state index is 0.0246. The Kier molecular flexibility index (Phi) is 3.87. The lowest BCUT2D eigenvalue weighted by atomic mass is 9.65. The molecule has 0 saturated heterocycles. The molecule has 2 N–H and O–H groups in total. The van der Waals surface area contributed by atoms with E-state index in [1.165, 1.54) is 36.8 Å². The molecule has 2 unspecified atom stereocenters. The van der Waals surface area contributed by atoms with Crippen molar-refractivity contribution in [1.82, 2.24) is 24.4 Å². The second kappa shape index (κ2) is 6.89. The van der Waals surface area contributed by atoms with Crippen LogP contribution in [0.5, 0.6) is 0 Å². The molecule has 2 atom stereocenters. The van der Waals surface area contributed by atoms with Gasteiger partial charge in [-0.05, 0) is 84.7 Å². The van der Waals surface area contributed by atoms with Crippen molar-refractivity contribution in [3.8, 4) is 11.1 Å². The molecule has 4 heterocycles. The largest absolute Gasteiger partial charge is 0.331 e. The molecule has 2 aromatic heterocycles. The van der Waals surface area contributed by atoms with Gasteiger partial charge in [0.15, 0.2) is 0 Å². The fourth-order valence-electron chi connectivity index (χ4n) is 7.79. The predicted octanol–water partition coefficient (Wildman–Crippen LogP) is 5.22. The smallest absolute Gasteiger partial charge is 0.254 e. The van der Waals surface area contributed by atoms with Crippen LogP contribution in [0, 0.1) is 5.41 Å². The van der Waals surface area contributed by atoms with E-state index in [2.05, 4.69) is 34.9 Å². The van der Waals surface area contributed by atoms with E-state index >= 15 is 0 Å². The van der Waals surface area contributed by atoms with Crippen molar-refractivity contribution in [2.75, 3.05) is 7.05 Å². The normalized spacial score (nSPS) is 25.7. The summed E-state index contributed by atoms with van der Waals surface area (Å²) in [7, 11) is 1.93. The second-order valence-electron chi connectivity index (χ2n) is 12.6. The highest BCUT2D eigenvalue weighted by atomic mass is 16.2. The fourth-order valence-corrected chi connectivity index (χ4v) is 7.79. The maximum Gasteiger partial charge on any atom is 0.254 e. The molecular formula is C31H30N6O. The summed E-state index contributed by atoms with van der Waals surface area (Å²) < 4.78 is 2.41. The van der Waals surface area contributed by atoms with Gasteiger partial charge in [-0.1, -0.05) is 18.2 Å². The molecule has 0 radical (unpaired) electrons. The van der Waals surface area contributed by atoms with Crippen LogP contribution in [-0.4, -0.2) is 37.4 Å². The number of amides is 1. The molecule has 2 aromatic carbocycles. The number of aromatic nitrogens is 4. The summed E-state index contributed by atoms with van der Waals surface area (Å²) in [4.78, 5) is 29.9. The van der Waals surface area contributed by atoms with E-state index in [9.17, 15) is 4.79 Å². The van der Waals surface area contributed by atoms with Gasteiger partial charge in [0.1, 0.15) is 11.6 Å². The standard InChI is InChI=1S/C31H30N6O/c1-36-25-12-24(26-20(17-5-6-17)3-2-4-21(26)28(36)38)37-23-11-18(7-8-22(23)35-27(25)37)19-13-33-29(34-14-19)31(32)15-30(16-31)9-10-30/h2-4,7-8,11,13-14,17,24-25H,5-6,9-10,12,15-16,32H2,1H3. The Balaban J connectivity index is 1.15. The van der Waals surface area contributed by atoms with Gasteiger partial charge in [-0.25, -0.2) is 15.0 Å². The average molecular weight is 503 g/mol. The molecule has 3 fully saturated rings. The van der Waals surface area contributed by atoms with Crippen LogP contribution in [0.25, 0.3) is 22.2 Å². The van der Waals surface area contributed by atoms with E-state index in [1.54, 1.807) is 0 Å². The van der Waals surface area contributed by atoms with E-state index < -0.39 is 0 Å². The van der Waals surface area contributed by atoms with Crippen molar-refractivity contribution in [2.24, 2.45) is 11.1 Å². The molecule has 3 aliphatic carbocycles. The molecule has 1 spiro atoms. The first kappa shape index (κ1) is 21.4. The number of hydrogen-bond acceptors (Lipinski definition) is 5. The summed E-state index contributed by atoms with van der Waals surface area (Å²) in [5, 5.41) is 0. The molecule has 4 aromatic rings. The van der Waals surface area contributed by atoms with Gasteiger partial charge in [-0.3, -0.25) is 4.79 Å². The van der Waals surface area contributed by atoms with Crippen LogP contribution in [0.1, 0.15) is 96.1 Å². The van der Waals surface area contributed by atoms with Crippen molar-refractivity contribution < 1.29 is 4.79 Å². The molecule has 5 aliphatic rings. The minimum Gasteiger partial charge on any atom is -0.331 e. The molecule has 7 nitrogen and oxygen atoms in total. The van der Waals surface area contributed by atoms with Crippen LogP contribution in [-0.2, 0) is 5.54 Å². The van der Waals surface area contributed by atoms with Gasteiger partial charge in [-0.2, -0.15) is 0 Å². The highest BCUT2D eigenvalue weighted by molar-refractivity contribution is 5.97. The third-order valence-corrected chi connectivity index (χ3v) is 10.1. The zero-order valence-electron chi connectivity index (χ0n) is 21.5. The highest BCUT2D eigenvalue weighted by Gasteiger charge is 2.61. The summed E-state index contributed by atoms with van der Waals surface area (Å²) in [6.07, 6.45) is 11.8. The van der Waals surface area contributed by atoms with Gasteiger partial charge in [-0.15, -0.1) is 0 Å². The Bertz CT molecular complexity index is 1670. The topological polar surface area (TPSA) is 89.9 Å². The Morgan fingerprint density at radius 2 is 1.79 bits per heavy atom. The van der Waals surface area contributed by atoms with Gasteiger partial charge >= 0.3 is 0 Å². The number of fused-ring (bicyclic) bond motifs is 9. The lowest BCUT2D eigenvalue weighted by molar-refractivity contribution is 0.0734. The van der Waals surface area contributed by atoms with Crippen molar-refractivity contribution in [3.05, 3.63) is 77.1 Å². The van der Waals surface area contributed by atoms with Crippen molar-refractivity contribution in [1.29, 1.82) is 0 Å². The zero-order chi connectivity index (χ0) is 25.4.